The summed E-state index contributed by atoms with van der Waals surface area (Å²) < 4.78 is 5.20. The molecule has 1 aliphatic carbocycles. The SMILES string of the molecule is OCCOCCCCNC1CCCCC1. The molecular formula is C12H25NO2. The van der Waals surface area contributed by atoms with Gasteiger partial charge >= 0.3 is 0 Å². The maximum Gasteiger partial charge on any atom is 0.0697 e. The quantitative estimate of drug-likeness (QED) is 0.606. The standard InChI is InChI=1S/C12H25NO2/c14-9-11-15-10-5-4-8-13-12-6-2-1-3-7-12/h12-14H,1-11H2. The van der Waals surface area contributed by atoms with E-state index in [2.05, 4.69) is 5.32 Å². The summed E-state index contributed by atoms with van der Waals surface area (Å²) in [4.78, 5) is 0. The topological polar surface area (TPSA) is 41.5 Å². The lowest BCUT2D eigenvalue weighted by molar-refractivity contribution is 0.0897. The Morgan fingerprint density at radius 3 is 2.60 bits per heavy atom. The Morgan fingerprint density at radius 1 is 1.07 bits per heavy atom. The van der Waals surface area contributed by atoms with Crippen molar-refractivity contribution in [2.45, 2.75) is 51.0 Å². The van der Waals surface area contributed by atoms with Crippen molar-refractivity contribution in [1.82, 2.24) is 5.32 Å². The molecular weight excluding hydrogens is 190 g/mol. The second-order valence-corrected chi connectivity index (χ2v) is 4.33. The highest BCUT2D eigenvalue weighted by atomic mass is 16.5. The average Bonchev–Trinajstić information content (AvgIpc) is 2.29. The summed E-state index contributed by atoms with van der Waals surface area (Å²) in [5.74, 6) is 0. The minimum atomic E-state index is 0.139. The van der Waals surface area contributed by atoms with Gasteiger partial charge in [0.15, 0.2) is 0 Å². The van der Waals surface area contributed by atoms with Gasteiger partial charge in [-0.15, -0.1) is 0 Å². The zero-order valence-electron chi connectivity index (χ0n) is 9.71. The number of aliphatic hydroxyl groups is 1. The first kappa shape index (κ1) is 12.9. The van der Waals surface area contributed by atoms with Crippen molar-refractivity contribution in [2.24, 2.45) is 0 Å². The van der Waals surface area contributed by atoms with Crippen LogP contribution in [0.3, 0.4) is 0 Å². The number of hydrogen-bond donors (Lipinski definition) is 2. The largest absolute Gasteiger partial charge is 0.394 e. The van der Waals surface area contributed by atoms with Gasteiger partial charge in [-0.3, -0.25) is 0 Å². The monoisotopic (exact) mass is 215 g/mol. The zero-order valence-corrected chi connectivity index (χ0v) is 9.71. The minimum absolute atomic E-state index is 0.139. The Hall–Kier alpha value is -0.120. The van der Waals surface area contributed by atoms with E-state index >= 15 is 0 Å². The van der Waals surface area contributed by atoms with Crippen molar-refractivity contribution in [3.63, 3.8) is 0 Å². The number of hydrogen-bond acceptors (Lipinski definition) is 3. The van der Waals surface area contributed by atoms with E-state index in [0.717, 1.165) is 25.6 Å². The van der Waals surface area contributed by atoms with Crippen LogP contribution in [0.25, 0.3) is 0 Å². The van der Waals surface area contributed by atoms with Crippen LogP contribution in [0.15, 0.2) is 0 Å². The Balaban J connectivity index is 1.79. The van der Waals surface area contributed by atoms with E-state index in [1.165, 1.54) is 38.5 Å². The molecule has 0 heterocycles. The molecule has 3 heteroatoms. The molecule has 1 rings (SSSR count). The number of aliphatic hydroxyl groups excluding tert-OH is 1. The van der Waals surface area contributed by atoms with Crippen molar-refractivity contribution >= 4 is 0 Å². The van der Waals surface area contributed by atoms with Gasteiger partial charge in [0.1, 0.15) is 0 Å². The fraction of sp³-hybridized carbons (Fsp3) is 1.00. The third kappa shape index (κ3) is 6.88. The first-order valence-electron chi connectivity index (χ1n) is 6.35. The smallest absolute Gasteiger partial charge is 0.0697 e. The summed E-state index contributed by atoms with van der Waals surface area (Å²) in [5, 5.41) is 12.1. The normalized spacial score (nSPS) is 18.2. The van der Waals surface area contributed by atoms with Crippen LogP contribution in [0.4, 0.5) is 0 Å². The van der Waals surface area contributed by atoms with Crippen LogP contribution < -0.4 is 5.32 Å². The predicted molar refractivity (Wildman–Crippen MR) is 62.0 cm³/mol. The lowest BCUT2D eigenvalue weighted by Gasteiger charge is -2.22. The van der Waals surface area contributed by atoms with Crippen molar-refractivity contribution in [1.29, 1.82) is 0 Å². The molecule has 90 valence electrons. The van der Waals surface area contributed by atoms with E-state index in [1.54, 1.807) is 0 Å². The Bertz CT molecular complexity index is 136. The zero-order chi connectivity index (χ0) is 10.8. The molecule has 0 amide bonds. The number of nitrogens with one attached hydrogen (secondary N) is 1. The fourth-order valence-electron chi connectivity index (χ4n) is 2.11. The van der Waals surface area contributed by atoms with Crippen LogP contribution in [0.1, 0.15) is 44.9 Å². The summed E-state index contributed by atoms with van der Waals surface area (Å²) in [5.41, 5.74) is 0. The van der Waals surface area contributed by atoms with Crippen molar-refractivity contribution in [3.8, 4) is 0 Å². The lowest BCUT2D eigenvalue weighted by Crippen LogP contribution is -2.31. The van der Waals surface area contributed by atoms with E-state index in [0.29, 0.717) is 6.61 Å². The fourth-order valence-corrected chi connectivity index (χ4v) is 2.11. The van der Waals surface area contributed by atoms with Crippen LogP contribution in [-0.2, 0) is 4.74 Å². The molecule has 0 radical (unpaired) electrons. The van der Waals surface area contributed by atoms with E-state index < -0.39 is 0 Å². The van der Waals surface area contributed by atoms with Gasteiger partial charge in [-0.2, -0.15) is 0 Å². The van der Waals surface area contributed by atoms with Gasteiger partial charge in [-0.1, -0.05) is 19.3 Å². The maximum absolute atomic E-state index is 8.50. The second kappa shape index (κ2) is 9.13. The highest BCUT2D eigenvalue weighted by Gasteiger charge is 2.11. The van der Waals surface area contributed by atoms with E-state index in [4.69, 9.17) is 9.84 Å². The highest BCUT2D eigenvalue weighted by Crippen LogP contribution is 2.17. The van der Waals surface area contributed by atoms with E-state index in [9.17, 15) is 0 Å². The Kier molecular flexibility index (Phi) is 7.88. The minimum Gasteiger partial charge on any atom is -0.394 e. The van der Waals surface area contributed by atoms with Crippen LogP contribution in [0.2, 0.25) is 0 Å². The summed E-state index contributed by atoms with van der Waals surface area (Å²) in [7, 11) is 0. The van der Waals surface area contributed by atoms with Gasteiger partial charge in [0.25, 0.3) is 0 Å². The molecule has 0 spiro atoms. The number of unbranched alkanes of at least 4 members (excludes halogenated alkanes) is 1. The van der Waals surface area contributed by atoms with Crippen LogP contribution in [0.5, 0.6) is 0 Å². The molecule has 1 aliphatic rings. The van der Waals surface area contributed by atoms with Crippen molar-refractivity contribution < 1.29 is 9.84 Å². The molecule has 15 heavy (non-hydrogen) atoms. The molecule has 3 nitrogen and oxygen atoms in total. The van der Waals surface area contributed by atoms with Crippen LogP contribution in [-0.4, -0.2) is 37.5 Å². The number of rotatable bonds is 8. The average molecular weight is 215 g/mol. The molecule has 0 unspecified atom stereocenters. The molecule has 0 atom stereocenters. The summed E-state index contributed by atoms with van der Waals surface area (Å²) >= 11 is 0. The molecule has 1 fully saturated rings. The van der Waals surface area contributed by atoms with Crippen molar-refractivity contribution in [3.05, 3.63) is 0 Å². The number of ether oxygens (including phenoxy) is 1. The lowest BCUT2D eigenvalue weighted by atomic mass is 9.95. The van der Waals surface area contributed by atoms with Gasteiger partial charge in [0, 0.05) is 12.6 Å². The van der Waals surface area contributed by atoms with Gasteiger partial charge in [-0.25, -0.2) is 0 Å². The summed E-state index contributed by atoms with van der Waals surface area (Å²) in [6.45, 7) is 2.52. The Labute approximate surface area is 93.2 Å². The summed E-state index contributed by atoms with van der Waals surface area (Å²) in [6.07, 6.45) is 9.23. The highest BCUT2D eigenvalue weighted by molar-refractivity contribution is 4.71. The molecule has 0 saturated heterocycles. The maximum atomic E-state index is 8.50. The summed E-state index contributed by atoms with van der Waals surface area (Å²) in [6, 6.07) is 0.775. The first-order valence-corrected chi connectivity index (χ1v) is 6.35. The molecule has 0 aromatic carbocycles. The molecule has 0 bridgehead atoms. The van der Waals surface area contributed by atoms with Crippen LogP contribution in [0, 0.1) is 0 Å². The van der Waals surface area contributed by atoms with Gasteiger partial charge in [0.2, 0.25) is 0 Å². The third-order valence-corrected chi connectivity index (χ3v) is 2.99. The Morgan fingerprint density at radius 2 is 1.87 bits per heavy atom. The second-order valence-electron chi connectivity index (χ2n) is 4.33. The molecule has 2 N–H and O–H groups in total. The van der Waals surface area contributed by atoms with Gasteiger partial charge in [-0.05, 0) is 32.2 Å². The van der Waals surface area contributed by atoms with E-state index in [1.807, 2.05) is 0 Å². The first-order chi connectivity index (χ1) is 7.43. The molecule has 0 aromatic rings. The third-order valence-electron chi connectivity index (χ3n) is 2.99. The van der Waals surface area contributed by atoms with Crippen molar-refractivity contribution in [2.75, 3.05) is 26.4 Å². The molecule has 0 aliphatic heterocycles. The predicted octanol–water partition coefficient (Wildman–Crippen LogP) is 1.70. The van der Waals surface area contributed by atoms with E-state index in [-0.39, 0.29) is 6.61 Å². The van der Waals surface area contributed by atoms with Crippen LogP contribution >= 0.6 is 0 Å². The molecule has 1 saturated carbocycles. The van der Waals surface area contributed by atoms with Gasteiger partial charge < -0.3 is 15.2 Å². The molecule has 0 aromatic heterocycles. The van der Waals surface area contributed by atoms with Gasteiger partial charge in [0.05, 0.1) is 13.2 Å².